The van der Waals surface area contributed by atoms with Crippen molar-refractivity contribution in [1.29, 1.82) is 0 Å². The number of aromatic amines is 1. The number of aromatic carboxylic acids is 1. The molecule has 1 aromatic heterocycles. The molecule has 0 atom stereocenters. The van der Waals surface area contributed by atoms with Crippen molar-refractivity contribution < 1.29 is 9.90 Å². The number of carboxylic acids is 1. The molecule has 2 rings (SSSR count). The molecule has 0 unspecified atom stereocenters. The lowest BCUT2D eigenvalue weighted by Crippen LogP contribution is -1.96. The molecule has 2 aromatic rings. The second kappa shape index (κ2) is 3.13. The van der Waals surface area contributed by atoms with Gasteiger partial charge in [0.05, 0.1) is 4.47 Å². The summed E-state index contributed by atoms with van der Waals surface area (Å²) in [7, 11) is 0. The topological polar surface area (TPSA) is 53.1 Å². The number of hydrogen-bond donors (Lipinski definition) is 2. The van der Waals surface area contributed by atoms with E-state index in [0.717, 1.165) is 16.5 Å². The van der Waals surface area contributed by atoms with Crippen LogP contribution in [-0.4, -0.2) is 16.1 Å². The van der Waals surface area contributed by atoms with E-state index >= 15 is 0 Å². The van der Waals surface area contributed by atoms with Crippen molar-refractivity contribution in [1.82, 2.24) is 4.98 Å². The maximum atomic E-state index is 10.8. The largest absolute Gasteiger partial charge is 0.477 e. The molecule has 0 saturated heterocycles. The van der Waals surface area contributed by atoms with Crippen molar-refractivity contribution in [2.75, 3.05) is 0 Å². The Hall–Kier alpha value is -1.29. The molecular formula is C10H8BrNO2. The first kappa shape index (κ1) is 9.27. The number of H-pyrrole nitrogens is 1. The van der Waals surface area contributed by atoms with Gasteiger partial charge in [0.15, 0.2) is 0 Å². The van der Waals surface area contributed by atoms with Gasteiger partial charge in [-0.15, -0.1) is 0 Å². The smallest absolute Gasteiger partial charge is 0.353 e. The number of benzene rings is 1. The highest BCUT2D eigenvalue weighted by Gasteiger charge is 2.14. The Labute approximate surface area is 88.9 Å². The summed E-state index contributed by atoms with van der Waals surface area (Å²) >= 11 is 3.26. The van der Waals surface area contributed by atoms with Crippen molar-refractivity contribution in [3.63, 3.8) is 0 Å². The van der Waals surface area contributed by atoms with Crippen LogP contribution < -0.4 is 0 Å². The Balaban J connectivity index is 2.79. The maximum Gasteiger partial charge on any atom is 0.353 e. The Morgan fingerprint density at radius 3 is 2.86 bits per heavy atom. The van der Waals surface area contributed by atoms with Gasteiger partial charge in [-0.1, -0.05) is 12.1 Å². The molecule has 2 N–H and O–H groups in total. The van der Waals surface area contributed by atoms with E-state index < -0.39 is 5.97 Å². The van der Waals surface area contributed by atoms with Gasteiger partial charge in [0, 0.05) is 10.9 Å². The molecule has 1 aromatic carbocycles. The zero-order valence-electron chi connectivity index (χ0n) is 7.47. The highest BCUT2D eigenvalue weighted by atomic mass is 79.9. The lowest BCUT2D eigenvalue weighted by molar-refractivity contribution is 0.0690. The van der Waals surface area contributed by atoms with Crippen LogP contribution in [0.3, 0.4) is 0 Å². The summed E-state index contributed by atoms with van der Waals surface area (Å²) in [6.45, 7) is 1.97. The normalized spacial score (nSPS) is 10.7. The first-order valence-electron chi connectivity index (χ1n) is 4.10. The fourth-order valence-corrected chi connectivity index (χ4v) is 2.04. The molecule has 3 nitrogen and oxygen atoms in total. The third kappa shape index (κ3) is 1.32. The van der Waals surface area contributed by atoms with Gasteiger partial charge < -0.3 is 10.1 Å². The van der Waals surface area contributed by atoms with E-state index in [4.69, 9.17) is 5.11 Å². The van der Waals surface area contributed by atoms with Crippen molar-refractivity contribution in [3.05, 3.63) is 33.9 Å². The van der Waals surface area contributed by atoms with Crippen LogP contribution in [0.2, 0.25) is 0 Å². The zero-order valence-corrected chi connectivity index (χ0v) is 9.05. The second-order valence-electron chi connectivity index (χ2n) is 3.17. The third-order valence-electron chi connectivity index (χ3n) is 2.10. The summed E-state index contributed by atoms with van der Waals surface area (Å²) < 4.78 is 0.611. The number of carboxylic acid groups (broad SMARTS) is 1. The monoisotopic (exact) mass is 253 g/mol. The molecule has 1 heterocycles. The van der Waals surface area contributed by atoms with Crippen LogP contribution in [0.15, 0.2) is 22.7 Å². The minimum atomic E-state index is -0.953. The van der Waals surface area contributed by atoms with Gasteiger partial charge in [-0.05, 0) is 34.5 Å². The molecule has 14 heavy (non-hydrogen) atoms. The molecule has 0 aliphatic heterocycles. The summed E-state index contributed by atoms with van der Waals surface area (Å²) in [6.07, 6.45) is 0. The van der Waals surface area contributed by atoms with Gasteiger partial charge >= 0.3 is 5.97 Å². The van der Waals surface area contributed by atoms with Gasteiger partial charge in [-0.2, -0.15) is 0 Å². The summed E-state index contributed by atoms with van der Waals surface area (Å²) in [5.74, 6) is -0.953. The van der Waals surface area contributed by atoms with Gasteiger partial charge in [-0.25, -0.2) is 4.79 Å². The van der Waals surface area contributed by atoms with Crippen molar-refractivity contribution in [3.8, 4) is 0 Å². The lowest BCUT2D eigenvalue weighted by atomic mass is 10.2. The second-order valence-corrected chi connectivity index (χ2v) is 3.96. The number of carbonyl (C=O) groups is 1. The number of aryl methyl sites for hydroxylation is 1. The highest BCUT2D eigenvalue weighted by Crippen LogP contribution is 2.28. The van der Waals surface area contributed by atoms with E-state index in [9.17, 15) is 4.79 Å². The van der Waals surface area contributed by atoms with Crippen molar-refractivity contribution >= 4 is 32.8 Å². The van der Waals surface area contributed by atoms with E-state index in [1.54, 1.807) is 0 Å². The highest BCUT2D eigenvalue weighted by molar-refractivity contribution is 9.10. The molecule has 0 radical (unpaired) electrons. The summed E-state index contributed by atoms with van der Waals surface area (Å²) in [5, 5.41) is 9.77. The van der Waals surface area contributed by atoms with E-state index in [1.807, 2.05) is 25.1 Å². The number of nitrogens with one attached hydrogen (secondary N) is 1. The zero-order chi connectivity index (χ0) is 10.3. The average Bonchev–Trinajstić information content (AvgIpc) is 2.43. The predicted octanol–water partition coefficient (Wildman–Crippen LogP) is 2.94. The Kier molecular flexibility index (Phi) is 2.07. The first-order valence-corrected chi connectivity index (χ1v) is 4.90. The molecule has 0 aliphatic carbocycles. The molecule has 0 bridgehead atoms. The van der Waals surface area contributed by atoms with Crippen molar-refractivity contribution in [2.24, 2.45) is 0 Å². The van der Waals surface area contributed by atoms with Crippen LogP contribution in [0.1, 0.15) is 16.1 Å². The lowest BCUT2D eigenvalue weighted by Gasteiger charge is -1.91. The van der Waals surface area contributed by atoms with E-state index in [2.05, 4.69) is 20.9 Å². The number of rotatable bonds is 1. The average molecular weight is 254 g/mol. The van der Waals surface area contributed by atoms with Gasteiger partial charge in [0.2, 0.25) is 0 Å². The van der Waals surface area contributed by atoms with Crippen LogP contribution in [0.4, 0.5) is 0 Å². The fraction of sp³-hybridized carbons (Fsp3) is 0.100. The Morgan fingerprint density at radius 1 is 1.50 bits per heavy atom. The van der Waals surface area contributed by atoms with E-state index in [-0.39, 0.29) is 5.69 Å². The summed E-state index contributed by atoms with van der Waals surface area (Å²) in [5.41, 5.74) is 2.14. The van der Waals surface area contributed by atoms with Crippen LogP contribution in [0.5, 0.6) is 0 Å². The van der Waals surface area contributed by atoms with E-state index in [1.165, 1.54) is 0 Å². The van der Waals surface area contributed by atoms with Gasteiger partial charge in [0.1, 0.15) is 5.69 Å². The number of aromatic nitrogens is 1. The molecule has 0 amide bonds. The number of hydrogen-bond acceptors (Lipinski definition) is 1. The van der Waals surface area contributed by atoms with Crippen molar-refractivity contribution in [2.45, 2.75) is 6.92 Å². The number of fused-ring (bicyclic) bond motifs is 1. The van der Waals surface area contributed by atoms with Gasteiger partial charge in [0.25, 0.3) is 0 Å². The minimum Gasteiger partial charge on any atom is -0.477 e. The quantitative estimate of drug-likeness (QED) is 0.821. The van der Waals surface area contributed by atoms with Crippen LogP contribution in [0, 0.1) is 6.92 Å². The van der Waals surface area contributed by atoms with Crippen LogP contribution >= 0.6 is 15.9 Å². The maximum absolute atomic E-state index is 10.8. The molecule has 0 aliphatic rings. The molecular weight excluding hydrogens is 246 g/mol. The Bertz CT molecular complexity index is 516. The van der Waals surface area contributed by atoms with Crippen LogP contribution in [0.25, 0.3) is 10.9 Å². The molecule has 0 fully saturated rings. The van der Waals surface area contributed by atoms with Gasteiger partial charge in [-0.3, -0.25) is 0 Å². The number of halogens is 1. The fourth-order valence-electron chi connectivity index (χ4n) is 1.42. The third-order valence-corrected chi connectivity index (χ3v) is 2.93. The van der Waals surface area contributed by atoms with Crippen LogP contribution in [-0.2, 0) is 0 Å². The molecule has 0 saturated carbocycles. The first-order chi connectivity index (χ1) is 6.59. The molecule has 4 heteroatoms. The standard InChI is InChI=1S/C10H8BrNO2/c1-5-2-3-6-7(4-5)12-9(8(6)11)10(13)14/h2-4,12H,1H3,(H,13,14). The van der Waals surface area contributed by atoms with E-state index in [0.29, 0.717) is 4.47 Å². The Morgan fingerprint density at radius 2 is 2.21 bits per heavy atom. The predicted molar refractivity (Wildman–Crippen MR) is 57.7 cm³/mol. The minimum absolute atomic E-state index is 0.200. The summed E-state index contributed by atoms with van der Waals surface area (Å²) in [4.78, 5) is 13.7. The molecule has 0 spiro atoms. The SMILES string of the molecule is Cc1ccc2c(Br)c(C(=O)O)[nH]c2c1. The summed E-state index contributed by atoms with van der Waals surface area (Å²) in [6, 6.07) is 5.77. The molecule has 72 valence electrons.